The third-order valence-corrected chi connectivity index (χ3v) is 3.41. The number of nitrogens with one attached hydrogen (secondary N) is 2. The molecule has 0 fully saturated rings. The molecule has 2 aromatic rings. The standard InChI is InChI=1S/C17H25N5.HI/c1-4-18-17(19-9-10-22-13-14(2)11-21-22)20-12-16-8-6-5-7-15(16)3;/h5-8,11,13H,4,9-10,12H2,1-3H3,(H2,18,19,20);1H. The first kappa shape index (κ1) is 19.5. The van der Waals surface area contributed by atoms with Crippen LogP contribution in [0.2, 0.25) is 0 Å². The highest BCUT2D eigenvalue weighted by atomic mass is 127. The SMILES string of the molecule is CCNC(=NCc1ccccc1C)NCCn1cc(C)cn1.I. The first-order chi connectivity index (χ1) is 10.7. The van der Waals surface area contributed by atoms with Crippen molar-refractivity contribution in [3.05, 3.63) is 53.3 Å². The monoisotopic (exact) mass is 427 g/mol. The van der Waals surface area contributed by atoms with Gasteiger partial charge in [-0.2, -0.15) is 5.10 Å². The van der Waals surface area contributed by atoms with Gasteiger partial charge in [-0.15, -0.1) is 24.0 Å². The summed E-state index contributed by atoms with van der Waals surface area (Å²) in [4.78, 5) is 4.65. The van der Waals surface area contributed by atoms with E-state index in [9.17, 15) is 0 Å². The lowest BCUT2D eigenvalue weighted by Gasteiger charge is -2.11. The maximum absolute atomic E-state index is 4.65. The van der Waals surface area contributed by atoms with E-state index < -0.39 is 0 Å². The number of hydrogen-bond donors (Lipinski definition) is 2. The Bertz CT molecular complexity index is 621. The summed E-state index contributed by atoms with van der Waals surface area (Å²) in [5.74, 6) is 0.842. The van der Waals surface area contributed by atoms with Gasteiger partial charge in [-0.3, -0.25) is 4.68 Å². The molecule has 0 saturated heterocycles. The zero-order valence-corrected chi connectivity index (χ0v) is 16.4. The Morgan fingerprint density at radius 3 is 2.65 bits per heavy atom. The van der Waals surface area contributed by atoms with Crippen molar-refractivity contribution in [2.24, 2.45) is 4.99 Å². The van der Waals surface area contributed by atoms with E-state index in [0.717, 1.165) is 25.6 Å². The van der Waals surface area contributed by atoms with Crippen LogP contribution in [0.3, 0.4) is 0 Å². The Morgan fingerprint density at radius 1 is 1.22 bits per heavy atom. The predicted octanol–water partition coefficient (Wildman–Crippen LogP) is 2.87. The summed E-state index contributed by atoms with van der Waals surface area (Å²) in [6.45, 7) is 9.38. The van der Waals surface area contributed by atoms with Gasteiger partial charge in [0.2, 0.25) is 0 Å². The summed E-state index contributed by atoms with van der Waals surface area (Å²) in [6.07, 6.45) is 3.91. The number of aryl methyl sites for hydroxylation is 2. The molecule has 0 saturated carbocycles. The number of aliphatic imine (C=N–C) groups is 1. The van der Waals surface area contributed by atoms with Crippen LogP contribution in [0.25, 0.3) is 0 Å². The fourth-order valence-electron chi connectivity index (χ4n) is 2.17. The Morgan fingerprint density at radius 2 is 2.00 bits per heavy atom. The minimum absolute atomic E-state index is 0. The molecule has 0 atom stereocenters. The third-order valence-electron chi connectivity index (χ3n) is 3.41. The maximum Gasteiger partial charge on any atom is 0.191 e. The highest BCUT2D eigenvalue weighted by Gasteiger charge is 2.00. The molecule has 0 unspecified atom stereocenters. The molecular formula is C17H26IN5. The fourth-order valence-corrected chi connectivity index (χ4v) is 2.17. The van der Waals surface area contributed by atoms with Gasteiger partial charge in [-0.1, -0.05) is 24.3 Å². The molecule has 0 spiro atoms. The molecule has 0 aliphatic carbocycles. The lowest BCUT2D eigenvalue weighted by Crippen LogP contribution is -2.38. The fraction of sp³-hybridized carbons (Fsp3) is 0.412. The van der Waals surface area contributed by atoms with Crippen molar-refractivity contribution in [1.29, 1.82) is 0 Å². The summed E-state index contributed by atoms with van der Waals surface area (Å²) in [5.41, 5.74) is 3.71. The van der Waals surface area contributed by atoms with Crippen LogP contribution in [-0.2, 0) is 13.1 Å². The van der Waals surface area contributed by atoms with E-state index in [2.05, 4.69) is 58.8 Å². The van der Waals surface area contributed by atoms with E-state index >= 15 is 0 Å². The predicted molar refractivity (Wildman–Crippen MR) is 106 cm³/mol. The van der Waals surface area contributed by atoms with E-state index in [-0.39, 0.29) is 24.0 Å². The average Bonchev–Trinajstić information content (AvgIpc) is 2.92. The zero-order chi connectivity index (χ0) is 15.8. The largest absolute Gasteiger partial charge is 0.357 e. The van der Waals surface area contributed by atoms with E-state index in [0.29, 0.717) is 6.54 Å². The molecule has 1 aromatic carbocycles. The van der Waals surface area contributed by atoms with Gasteiger partial charge in [0.15, 0.2) is 5.96 Å². The Kier molecular flexibility index (Phi) is 8.68. The van der Waals surface area contributed by atoms with Gasteiger partial charge >= 0.3 is 0 Å². The minimum Gasteiger partial charge on any atom is -0.357 e. The second kappa shape index (κ2) is 10.3. The Hall–Kier alpha value is -1.57. The molecule has 23 heavy (non-hydrogen) atoms. The number of guanidine groups is 1. The third kappa shape index (κ3) is 6.60. The van der Waals surface area contributed by atoms with Gasteiger partial charge in [0.1, 0.15) is 0 Å². The van der Waals surface area contributed by atoms with E-state index in [1.54, 1.807) is 0 Å². The number of rotatable bonds is 6. The molecule has 126 valence electrons. The molecule has 0 aliphatic rings. The molecule has 2 N–H and O–H groups in total. The molecule has 0 aliphatic heterocycles. The summed E-state index contributed by atoms with van der Waals surface area (Å²) in [7, 11) is 0. The van der Waals surface area contributed by atoms with Crippen LogP contribution >= 0.6 is 24.0 Å². The first-order valence-electron chi connectivity index (χ1n) is 7.74. The summed E-state index contributed by atoms with van der Waals surface area (Å²) >= 11 is 0. The van der Waals surface area contributed by atoms with Gasteiger partial charge in [0, 0.05) is 19.3 Å². The van der Waals surface area contributed by atoms with Crippen LogP contribution in [0.5, 0.6) is 0 Å². The van der Waals surface area contributed by atoms with Crippen molar-refractivity contribution in [2.75, 3.05) is 13.1 Å². The molecule has 2 rings (SSSR count). The highest BCUT2D eigenvalue weighted by Crippen LogP contribution is 2.07. The van der Waals surface area contributed by atoms with Gasteiger partial charge in [-0.25, -0.2) is 4.99 Å². The van der Waals surface area contributed by atoms with Crippen molar-refractivity contribution >= 4 is 29.9 Å². The normalized spacial score (nSPS) is 11.0. The molecule has 5 nitrogen and oxygen atoms in total. The van der Waals surface area contributed by atoms with Crippen molar-refractivity contribution in [3.63, 3.8) is 0 Å². The minimum atomic E-state index is 0. The van der Waals surface area contributed by atoms with Crippen molar-refractivity contribution < 1.29 is 0 Å². The maximum atomic E-state index is 4.65. The van der Waals surface area contributed by atoms with Crippen molar-refractivity contribution in [1.82, 2.24) is 20.4 Å². The molecule has 1 heterocycles. The van der Waals surface area contributed by atoms with Gasteiger partial charge in [0.05, 0.1) is 19.3 Å². The number of benzene rings is 1. The molecular weight excluding hydrogens is 401 g/mol. The summed E-state index contributed by atoms with van der Waals surface area (Å²) in [6, 6.07) is 8.34. The van der Waals surface area contributed by atoms with Crippen LogP contribution in [-0.4, -0.2) is 28.8 Å². The number of aromatic nitrogens is 2. The molecule has 0 radical (unpaired) electrons. The molecule has 0 bridgehead atoms. The van der Waals surface area contributed by atoms with Crippen LogP contribution in [0.15, 0.2) is 41.7 Å². The Labute approximate surface area is 155 Å². The number of halogens is 1. The topological polar surface area (TPSA) is 54.2 Å². The second-order valence-electron chi connectivity index (χ2n) is 5.33. The summed E-state index contributed by atoms with van der Waals surface area (Å²) in [5, 5.41) is 10.9. The van der Waals surface area contributed by atoms with Crippen molar-refractivity contribution in [2.45, 2.75) is 33.9 Å². The van der Waals surface area contributed by atoms with Gasteiger partial charge in [0.25, 0.3) is 0 Å². The van der Waals surface area contributed by atoms with Crippen molar-refractivity contribution in [3.8, 4) is 0 Å². The van der Waals surface area contributed by atoms with Gasteiger partial charge < -0.3 is 10.6 Å². The lowest BCUT2D eigenvalue weighted by molar-refractivity contribution is 0.597. The summed E-state index contributed by atoms with van der Waals surface area (Å²) < 4.78 is 1.94. The zero-order valence-electron chi connectivity index (χ0n) is 14.0. The second-order valence-corrected chi connectivity index (χ2v) is 5.33. The Balaban J connectivity index is 0.00000264. The van der Waals surface area contributed by atoms with E-state index in [4.69, 9.17) is 0 Å². The molecule has 0 amide bonds. The average molecular weight is 427 g/mol. The number of nitrogens with zero attached hydrogens (tertiary/aromatic N) is 3. The van der Waals surface area contributed by atoms with E-state index in [1.165, 1.54) is 16.7 Å². The van der Waals surface area contributed by atoms with Crippen LogP contribution in [0.1, 0.15) is 23.6 Å². The molecule has 6 heteroatoms. The van der Waals surface area contributed by atoms with Crippen LogP contribution in [0.4, 0.5) is 0 Å². The van der Waals surface area contributed by atoms with E-state index in [1.807, 2.05) is 24.0 Å². The quantitative estimate of drug-likeness (QED) is 0.424. The smallest absolute Gasteiger partial charge is 0.191 e. The van der Waals surface area contributed by atoms with Crippen LogP contribution in [0, 0.1) is 13.8 Å². The lowest BCUT2D eigenvalue weighted by atomic mass is 10.1. The van der Waals surface area contributed by atoms with Crippen LogP contribution < -0.4 is 10.6 Å². The highest BCUT2D eigenvalue weighted by molar-refractivity contribution is 14.0. The first-order valence-corrected chi connectivity index (χ1v) is 7.74. The van der Waals surface area contributed by atoms with Gasteiger partial charge in [-0.05, 0) is 37.5 Å². The molecule has 1 aromatic heterocycles. The number of hydrogen-bond acceptors (Lipinski definition) is 2.